The molecule has 16 nitrogen and oxygen atoms in total. The molecule has 0 bridgehead atoms. The lowest BCUT2D eigenvalue weighted by Crippen LogP contribution is -2.42. The largest absolute Gasteiger partial charge is 0.481 e. The highest BCUT2D eigenvalue weighted by atomic mass is 16.4. The molecule has 0 saturated carbocycles. The number of imide groups is 1. The summed E-state index contributed by atoms with van der Waals surface area (Å²) in [6, 6.07) is 13.1. The third-order valence-corrected chi connectivity index (χ3v) is 9.89. The predicted octanol–water partition coefficient (Wildman–Crippen LogP) is 2.42. The number of nitrogens with one attached hydrogen (secondary N) is 2. The van der Waals surface area contributed by atoms with E-state index in [1.807, 2.05) is 48.7 Å². The Kier molecular flexibility index (Phi) is 14.5. The number of carbonyl (C=O) groups is 5. The number of nitrogen functional groups attached to an aromatic ring is 1. The number of hydrogen-bond donors (Lipinski definition) is 4. The van der Waals surface area contributed by atoms with Crippen molar-refractivity contribution in [1.29, 1.82) is 0 Å². The Balaban J connectivity index is 1.36. The smallest absolute Gasteiger partial charge is 0.332 e. The minimum absolute atomic E-state index is 0.000404. The number of rotatable bonds is 22. The van der Waals surface area contributed by atoms with Gasteiger partial charge < -0.3 is 26.0 Å². The van der Waals surface area contributed by atoms with E-state index >= 15 is 0 Å². The minimum Gasteiger partial charge on any atom is -0.481 e. The number of anilines is 1. The number of benzene rings is 2. The fourth-order valence-corrected chi connectivity index (χ4v) is 6.98. The predicted molar refractivity (Wildman–Crippen MR) is 214 cm³/mol. The summed E-state index contributed by atoms with van der Waals surface area (Å²) in [5.74, 6) is -2.61. The summed E-state index contributed by atoms with van der Waals surface area (Å²) < 4.78 is 4.59. The number of imidazole rings is 1. The fraction of sp³-hybridized carbons (Fsp3) is 0.415. The third kappa shape index (κ3) is 10.2. The molecule has 1 aliphatic rings. The molecule has 3 heterocycles. The van der Waals surface area contributed by atoms with Crippen LogP contribution in [0, 0.1) is 0 Å². The van der Waals surface area contributed by atoms with E-state index in [2.05, 4.69) is 10.6 Å². The zero-order valence-corrected chi connectivity index (χ0v) is 32.4. The van der Waals surface area contributed by atoms with Crippen LogP contribution < -0.4 is 27.6 Å². The van der Waals surface area contributed by atoms with E-state index in [1.54, 1.807) is 12.1 Å². The van der Waals surface area contributed by atoms with Crippen molar-refractivity contribution in [3.63, 3.8) is 0 Å². The Morgan fingerprint density at radius 3 is 2.26 bits per heavy atom. The number of likely N-dealkylation sites (N-methyl/N-ethyl adjacent to an activating group) is 1. The summed E-state index contributed by atoms with van der Waals surface area (Å²) >= 11 is 0. The number of hydrogen-bond acceptors (Lipinski definition) is 10. The first-order chi connectivity index (χ1) is 27.4. The molecule has 1 atom stereocenters. The number of amides is 3. The van der Waals surface area contributed by atoms with Crippen LogP contribution in [0.15, 0.2) is 70.3 Å². The van der Waals surface area contributed by atoms with E-state index in [9.17, 15) is 38.7 Å². The van der Waals surface area contributed by atoms with Crippen LogP contribution in [-0.4, -0.2) is 83.8 Å². The normalized spacial score (nSPS) is 13.1. The number of aryl methyl sites for hydroxylation is 2. The molecule has 2 aromatic heterocycles. The first-order valence-corrected chi connectivity index (χ1v) is 19.4. The van der Waals surface area contributed by atoms with Crippen molar-refractivity contribution in [2.24, 2.45) is 0 Å². The molecule has 0 aliphatic carbocycles. The van der Waals surface area contributed by atoms with Gasteiger partial charge in [0.15, 0.2) is 16.9 Å². The van der Waals surface area contributed by atoms with Crippen LogP contribution >= 0.6 is 0 Å². The lowest BCUT2D eigenvalue weighted by molar-refractivity contribution is -0.138. The van der Waals surface area contributed by atoms with Gasteiger partial charge in [-0.3, -0.25) is 42.8 Å². The molecule has 0 spiro atoms. The van der Waals surface area contributed by atoms with Gasteiger partial charge in [-0.15, -0.1) is 0 Å². The molecule has 2 aromatic carbocycles. The zero-order chi connectivity index (χ0) is 41.1. The zero-order valence-electron chi connectivity index (χ0n) is 32.4. The fourth-order valence-electron chi connectivity index (χ4n) is 6.98. The highest BCUT2D eigenvalue weighted by Crippen LogP contribution is 2.23. The maximum absolute atomic E-state index is 14.0. The number of aromatic nitrogens is 4. The van der Waals surface area contributed by atoms with Gasteiger partial charge in [-0.25, -0.2) is 9.78 Å². The van der Waals surface area contributed by atoms with Crippen LogP contribution in [0.5, 0.6) is 0 Å². The van der Waals surface area contributed by atoms with Crippen LogP contribution in [0.25, 0.3) is 11.2 Å². The van der Waals surface area contributed by atoms with Crippen molar-refractivity contribution in [3.8, 4) is 0 Å². The van der Waals surface area contributed by atoms with Gasteiger partial charge in [0.2, 0.25) is 5.91 Å². The van der Waals surface area contributed by atoms with Crippen LogP contribution in [0.1, 0.15) is 79.7 Å². The maximum Gasteiger partial charge on any atom is 0.332 e. The SMILES string of the molecule is CCCn1c(=O)c2c(nc(Cc3ccccc3)n2CCNCC)n(CCc2cccc(C(=O)C(CC(=O)O)NC(=O)CCCCCN3C(=O)C=CC3=O)c2N)c1=O. The van der Waals surface area contributed by atoms with Gasteiger partial charge in [-0.2, -0.15) is 0 Å². The van der Waals surface area contributed by atoms with Crippen molar-refractivity contribution in [2.75, 3.05) is 25.4 Å². The standard InChI is InChI=1S/C41H50N8O8/c1-3-21-49-40(56)37-39(45-31(46(37)24-20-43-4-2)25-27-12-7-5-8-13-27)48(41(49)57)23-19-28-14-11-15-29(36(28)42)38(55)30(26-35(53)54)44-32(50)16-9-6-10-22-47-33(51)17-18-34(47)52/h5,7-8,11-15,17-18,30,43H,3-4,6,9-10,16,19-26,42H2,1-2H3,(H,44,50)(H,53,54). The van der Waals surface area contributed by atoms with Gasteiger partial charge in [0.05, 0.1) is 6.42 Å². The van der Waals surface area contributed by atoms with Crippen LogP contribution in [0.2, 0.25) is 0 Å². The molecular weight excluding hydrogens is 732 g/mol. The molecule has 3 amide bonds. The lowest BCUT2D eigenvalue weighted by Gasteiger charge is -2.19. The highest BCUT2D eigenvalue weighted by molar-refractivity contribution is 6.12. The topological polar surface area (TPSA) is 221 Å². The first-order valence-electron chi connectivity index (χ1n) is 19.4. The number of para-hydroxylation sites is 1. The third-order valence-electron chi connectivity index (χ3n) is 9.89. The van der Waals surface area contributed by atoms with Gasteiger partial charge in [0.1, 0.15) is 11.9 Å². The Morgan fingerprint density at radius 2 is 1.58 bits per heavy atom. The van der Waals surface area contributed by atoms with Crippen molar-refractivity contribution in [1.82, 2.24) is 34.2 Å². The van der Waals surface area contributed by atoms with Crippen LogP contribution in [0.4, 0.5) is 5.69 Å². The molecule has 0 saturated heterocycles. The summed E-state index contributed by atoms with van der Waals surface area (Å²) in [7, 11) is 0. The number of ketones is 1. The van der Waals surface area contributed by atoms with Gasteiger partial charge in [0, 0.05) is 69.0 Å². The number of Topliss-reactive ketones (excluding diaryl/α,β-unsaturated/α-hetero) is 1. The van der Waals surface area contributed by atoms with Crippen LogP contribution in [-0.2, 0) is 51.7 Å². The summed E-state index contributed by atoms with van der Waals surface area (Å²) in [6.07, 6.45) is 4.30. The summed E-state index contributed by atoms with van der Waals surface area (Å²) in [5, 5.41) is 15.5. The summed E-state index contributed by atoms with van der Waals surface area (Å²) in [4.78, 5) is 95.8. The maximum atomic E-state index is 14.0. The number of aliphatic carboxylic acids is 1. The number of carbonyl (C=O) groups excluding carboxylic acids is 4. The molecule has 0 radical (unpaired) electrons. The monoisotopic (exact) mass is 782 g/mol. The van der Waals surface area contributed by atoms with Crippen LogP contribution in [0.3, 0.4) is 0 Å². The molecule has 4 aromatic rings. The van der Waals surface area contributed by atoms with Gasteiger partial charge in [0.25, 0.3) is 17.4 Å². The number of nitrogens with two attached hydrogens (primary N) is 1. The average Bonchev–Trinajstić information content (AvgIpc) is 3.70. The Hall–Kier alpha value is -6.16. The molecule has 5 rings (SSSR count). The summed E-state index contributed by atoms with van der Waals surface area (Å²) in [5.41, 5.74) is 7.83. The van der Waals surface area contributed by atoms with E-state index in [1.165, 1.54) is 27.4 Å². The number of carboxylic acids is 1. The second-order valence-corrected chi connectivity index (χ2v) is 13.9. The van der Waals surface area contributed by atoms with Crippen molar-refractivity contribution >= 4 is 46.3 Å². The minimum atomic E-state index is -1.40. The lowest BCUT2D eigenvalue weighted by atomic mass is 9.96. The first kappa shape index (κ1) is 42.0. The second-order valence-electron chi connectivity index (χ2n) is 13.9. The van der Waals surface area contributed by atoms with Gasteiger partial charge in [-0.05, 0) is 49.4 Å². The van der Waals surface area contributed by atoms with Gasteiger partial charge in [-0.1, -0.05) is 62.7 Å². The summed E-state index contributed by atoms with van der Waals surface area (Å²) in [6.45, 7) is 6.16. The van der Waals surface area contributed by atoms with E-state index in [4.69, 9.17) is 10.7 Å². The van der Waals surface area contributed by atoms with Crippen molar-refractivity contribution in [3.05, 3.63) is 104 Å². The molecule has 16 heteroatoms. The molecule has 302 valence electrons. The highest BCUT2D eigenvalue weighted by Gasteiger charge is 2.28. The molecule has 1 unspecified atom stereocenters. The number of carboxylic acid groups (broad SMARTS) is 1. The Morgan fingerprint density at radius 1 is 0.842 bits per heavy atom. The molecule has 0 fully saturated rings. The van der Waals surface area contributed by atoms with E-state index in [0.717, 1.165) is 17.0 Å². The van der Waals surface area contributed by atoms with E-state index in [-0.39, 0.29) is 61.2 Å². The average molecular weight is 783 g/mol. The van der Waals surface area contributed by atoms with Crippen molar-refractivity contribution in [2.45, 2.75) is 90.9 Å². The van der Waals surface area contributed by atoms with E-state index < -0.39 is 41.4 Å². The molecule has 1 aliphatic heterocycles. The molecule has 57 heavy (non-hydrogen) atoms. The Bertz CT molecular complexity index is 2260. The molecular formula is C41H50N8O8. The second kappa shape index (κ2) is 19.6. The number of unbranched alkanes of at least 4 members (excludes halogenated alkanes) is 2. The van der Waals surface area contributed by atoms with Gasteiger partial charge >= 0.3 is 11.7 Å². The molecule has 5 N–H and O–H groups in total. The number of fused-ring (bicyclic) bond motifs is 1. The van der Waals surface area contributed by atoms with Crippen molar-refractivity contribution < 1.29 is 29.1 Å². The number of nitrogens with zero attached hydrogens (tertiary/aromatic N) is 5. The van der Waals surface area contributed by atoms with E-state index in [0.29, 0.717) is 62.1 Å². The quantitative estimate of drug-likeness (QED) is 0.0393. The Labute approximate surface area is 329 Å².